The Labute approximate surface area is 298 Å². The van der Waals surface area contributed by atoms with Gasteiger partial charge >= 0.3 is 0 Å². The average molecular weight is 703 g/mol. The molecular formula is C41H54N2O6S. The lowest BCUT2D eigenvalue weighted by atomic mass is 9.87. The third kappa shape index (κ3) is 11.2. The highest BCUT2D eigenvalue weighted by molar-refractivity contribution is 7.92. The number of rotatable bonds is 19. The molecular weight excluding hydrogens is 649 g/mol. The lowest BCUT2D eigenvalue weighted by Crippen LogP contribution is -2.47. The van der Waals surface area contributed by atoms with Crippen molar-refractivity contribution >= 4 is 33.1 Å². The molecule has 2 N–H and O–H groups in total. The molecule has 1 aliphatic carbocycles. The lowest BCUT2D eigenvalue weighted by Gasteiger charge is -2.29. The lowest BCUT2D eigenvalue weighted by molar-refractivity contribution is -0.123. The number of ketones is 3. The third-order valence-electron chi connectivity index (χ3n) is 10.0. The Kier molecular flexibility index (Phi) is 14.1. The van der Waals surface area contributed by atoms with Gasteiger partial charge in [0.15, 0.2) is 11.6 Å². The van der Waals surface area contributed by atoms with Crippen molar-refractivity contribution in [3.63, 3.8) is 0 Å². The SMILES string of the molecule is CC(C)CCC(=O)[C@@H](NC[C@@H](CC(=O)c1cc(C(=O)C[C@H](C)c2ccccc2)cc(N(C)S(C)(=O)=O)c1)Cc1ccccc1)[C@@H]1CCCC1O. The first-order valence-corrected chi connectivity index (χ1v) is 19.8. The second kappa shape index (κ2) is 18.0. The highest BCUT2D eigenvalue weighted by atomic mass is 32.2. The number of anilines is 1. The van der Waals surface area contributed by atoms with Gasteiger partial charge in [0.2, 0.25) is 10.0 Å². The summed E-state index contributed by atoms with van der Waals surface area (Å²) in [6.07, 6.45) is 4.95. The van der Waals surface area contributed by atoms with Crippen molar-refractivity contribution in [2.75, 3.05) is 24.2 Å². The summed E-state index contributed by atoms with van der Waals surface area (Å²) in [6, 6.07) is 23.7. The molecule has 0 heterocycles. The number of nitrogens with one attached hydrogen (secondary N) is 1. The van der Waals surface area contributed by atoms with Crippen molar-refractivity contribution in [3.05, 3.63) is 101 Å². The Bertz CT molecular complexity index is 1690. The predicted octanol–water partition coefficient (Wildman–Crippen LogP) is 7.02. The summed E-state index contributed by atoms with van der Waals surface area (Å²) in [7, 11) is -2.26. The number of Topliss-reactive ketones (excluding diaryl/α,β-unsaturated/α-hetero) is 3. The smallest absolute Gasteiger partial charge is 0.231 e. The third-order valence-corrected chi connectivity index (χ3v) is 11.2. The first-order valence-electron chi connectivity index (χ1n) is 17.9. The van der Waals surface area contributed by atoms with Crippen molar-refractivity contribution in [3.8, 4) is 0 Å². The number of nitrogens with zero attached hydrogens (tertiary/aromatic N) is 1. The summed E-state index contributed by atoms with van der Waals surface area (Å²) in [5.74, 6) is -0.374. The van der Waals surface area contributed by atoms with E-state index in [0.29, 0.717) is 31.7 Å². The minimum absolute atomic E-state index is 0.0740. The number of carbonyl (C=O) groups excluding carboxylic acids is 3. The summed E-state index contributed by atoms with van der Waals surface area (Å²) < 4.78 is 26.2. The van der Waals surface area contributed by atoms with Crippen LogP contribution in [0.25, 0.3) is 0 Å². The molecule has 1 unspecified atom stereocenters. The molecule has 0 bridgehead atoms. The van der Waals surface area contributed by atoms with Crippen LogP contribution in [-0.2, 0) is 21.2 Å². The molecule has 3 aromatic carbocycles. The van der Waals surface area contributed by atoms with E-state index in [1.807, 2.05) is 67.6 Å². The van der Waals surface area contributed by atoms with Crippen LogP contribution in [0.4, 0.5) is 5.69 Å². The number of aliphatic hydroxyl groups is 1. The number of aliphatic hydroxyl groups excluding tert-OH is 1. The van der Waals surface area contributed by atoms with Gasteiger partial charge in [0, 0.05) is 43.4 Å². The van der Waals surface area contributed by atoms with Gasteiger partial charge in [0.25, 0.3) is 0 Å². The van der Waals surface area contributed by atoms with E-state index >= 15 is 0 Å². The first kappa shape index (κ1) is 39.1. The number of hydrogen-bond donors (Lipinski definition) is 2. The van der Waals surface area contributed by atoms with Crippen LogP contribution in [0.5, 0.6) is 0 Å². The standard InChI is InChI=1S/C41H54N2O6S/c1-28(2)19-20-38(45)41(36-17-12-18-37(36)44)42-27-31(22-30-13-8-6-9-14-30)23-40(47)34-24-33(25-35(26-34)43(4)50(5,48)49)39(46)21-29(3)32-15-10-7-11-16-32/h6-11,13-16,24-26,28-29,31,36-37,41-42,44H,12,17-23,27H2,1-5H3/t29-,31+,36+,37?,41-/m0/s1. The zero-order valence-corrected chi connectivity index (χ0v) is 31.0. The predicted molar refractivity (Wildman–Crippen MR) is 200 cm³/mol. The van der Waals surface area contributed by atoms with Crippen molar-refractivity contribution in [1.82, 2.24) is 5.32 Å². The highest BCUT2D eigenvalue weighted by Crippen LogP contribution is 2.31. The second-order valence-electron chi connectivity index (χ2n) is 14.6. The molecule has 0 spiro atoms. The largest absolute Gasteiger partial charge is 0.393 e. The maximum absolute atomic E-state index is 14.1. The van der Waals surface area contributed by atoms with Crippen LogP contribution < -0.4 is 9.62 Å². The number of hydrogen-bond acceptors (Lipinski definition) is 7. The zero-order chi connectivity index (χ0) is 36.4. The van der Waals surface area contributed by atoms with Crippen LogP contribution in [0.15, 0.2) is 78.9 Å². The van der Waals surface area contributed by atoms with Crippen LogP contribution in [0.1, 0.15) is 103 Å². The van der Waals surface area contributed by atoms with Crippen LogP contribution in [0, 0.1) is 17.8 Å². The fraction of sp³-hybridized carbons (Fsp3) is 0.488. The summed E-state index contributed by atoms with van der Waals surface area (Å²) in [6.45, 7) is 6.53. The molecule has 270 valence electrons. The van der Waals surface area contributed by atoms with Gasteiger partial charge in [-0.15, -0.1) is 0 Å². The van der Waals surface area contributed by atoms with E-state index < -0.39 is 22.2 Å². The molecule has 1 fully saturated rings. The molecule has 0 aliphatic heterocycles. The van der Waals surface area contributed by atoms with Crippen LogP contribution in [0.3, 0.4) is 0 Å². The molecule has 1 aliphatic rings. The van der Waals surface area contributed by atoms with Crippen molar-refractivity contribution in [2.24, 2.45) is 17.8 Å². The Morgan fingerprint density at radius 2 is 1.48 bits per heavy atom. The average Bonchev–Trinajstić information content (AvgIpc) is 3.52. The normalized spacial score (nSPS) is 18.1. The molecule has 0 saturated heterocycles. The van der Waals surface area contributed by atoms with Gasteiger partial charge in [0.1, 0.15) is 5.78 Å². The molecule has 8 nitrogen and oxygen atoms in total. The van der Waals surface area contributed by atoms with Crippen molar-refractivity contribution < 1.29 is 27.9 Å². The topological polar surface area (TPSA) is 121 Å². The number of carbonyl (C=O) groups is 3. The van der Waals surface area contributed by atoms with Gasteiger partial charge in [-0.2, -0.15) is 0 Å². The minimum atomic E-state index is -3.67. The molecule has 1 saturated carbocycles. The van der Waals surface area contributed by atoms with Crippen molar-refractivity contribution in [1.29, 1.82) is 0 Å². The second-order valence-corrected chi connectivity index (χ2v) is 16.6. The summed E-state index contributed by atoms with van der Waals surface area (Å²) >= 11 is 0. The summed E-state index contributed by atoms with van der Waals surface area (Å²) in [4.78, 5) is 41.3. The Morgan fingerprint density at radius 1 is 0.880 bits per heavy atom. The number of benzene rings is 3. The summed E-state index contributed by atoms with van der Waals surface area (Å²) in [5.41, 5.74) is 2.87. The van der Waals surface area contributed by atoms with Gasteiger partial charge in [-0.1, -0.05) is 87.9 Å². The molecule has 5 atom stereocenters. The molecule has 50 heavy (non-hydrogen) atoms. The fourth-order valence-electron chi connectivity index (χ4n) is 6.89. The molecule has 0 amide bonds. The quantitative estimate of drug-likeness (QED) is 0.129. The highest BCUT2D eigenvalue weighted by Gasteiger charge is 2.36. The molecule has 0 aromatic heterocycles. The minimum Gasteiger partial charge on any atom is -0.393 e. The Morgan fingerprint density at radius 3 is 2.04 bits per heavy atom. The van der Waals surface area contributed by atoms with Gasteiger partial charge in [0.05, 0.1) is 24.1 Å². The number of sulfonamides is 1. The maximum Gasteiger partial charge on any atom is 0.231 e. The maximum atomic E-state index is 14.1. The van der Waals surface area contributed by atoms with E-state index in [2.05, 4.69) is 19.2 Å². The van der Waals surface area contributed by atoms with Gasteiger partial charge < -0.3 is 10.4 Å². The first-order chi connectivity index (χ1) is 23.7. The van der Waals surface area contributed by atoms with E-state index in [1.165, 1.54) is 7.05 Å². The van der Waals surface area contributed by atoms with E-state index in [4.69, 9.17) is 0 Å². The van der Waals surface area contributed by atoms with E-state index in [-0.39, 0.29) is 64.8 Å². The van der Waals surface area contributed by atoms with Gasteiger partial charge in [-0.3, -0.25) is 18.7 Å². The Hall–Kier alpha value is -3.66. The monoisotopic (exact) mass is 702 g/mol. The van der Waals surface area contributed by atoms with E-state index in [0.717, 1.165) is 41.0 Å². The summed E-state index contributed by atoms with van der Waals surface area (Å²) in [5, 5.41) is 14.3. The molecule has 4 rings (SSSR count). The van der Waals surface area contributed by atoms with Crippen LogP contribution in [0.2, 0.25) is 0 Å². The molecule has 0 radical (unpaired) electrons. The molecule has 3 aromatic rings. The van der Waals surface area contributed by atoms with Gasteiger partial charge in [-0.25, -0.2) is 8.42 Å². The van der Waals surface area contributed by atoms with Gasteiger partial charge in [-0.05, 0) is 79.3 Å². The van der Waals surface area contributed by atoms with Crippen LogP contribution >= 0.6 is 0 Å². The van der Waals surface area contributed by atoms with E-state index in [1.54, 1.807) is 18.2 Å². The zero-order valence-electron chi connectivity index (χ0n) is 30.2. The fourth-order valence-corrected chi connectivity index (χ4v) is 7.38. The Balaban J connectivity index is 1.62. The van der Waals surface area contributed by atoms with Crippen molar-refractivity contribution in [2.45, 2.75) is 90.2 Å². The van der Waals surface area contributed by atoms with E-state index in [9.17, 15) is 27.9 Å². The van der Waals surface area contributed by atoms with Crippen LogP contribution in [-0.4, -0.2) is 62.9 Å². The molecule has 9 heteroatoms.